The van der Waals surface area contributed by atoms with E-state index in [1.807, 2.05) is 40.7 Å². The second kappa shape index (κ2) is 5.03. The molecular weight excluding hydrogens is 340 g/mol. The van der Waals surface area contributed by atoms with Crippen LogP contribution < -0.4 is 0 Å². The Labute approximate surface area is 147 Å². The number of hydrogen-bond donors (Lipinski definition) is 0. The monoisotopic (exact) mass is 352 g/mol. The highest BCUT2D eigenvalue weighted by Crippen LogP contribution is 2.38. The number of benzene rings is 1. The maximum Gasteiger partial charge on any atom is 0.268 e. The molecule has 0 amide bonds. The molecule has 1 aromatic carbocycles. The maximum atomic E-state index is 6.24. The average Bonchev–Trinajstić information content (AvgIpc) is 3.25. The number of rotatable bonds is 1. The lowest BCUT2D eigenvalue weighted by Crippen LogP contribution is -2.00. The normalized spacial score (nSPS) is 12.4. The molecule has 0 saturated heterocycles. The van der Waals surface area contributed by atoms with Crippen LogP contribution in [-0.4, -0.2) is 29.5 Å². The smallest absolute Gasteiger partial charge is 0.268 e. The minimum atomic E-state index is 0.425. The molecule has 0 atom stereocenters. The quantitative estimate of drug-likeness (QED) is 0.463. The maximum absolute atomic E-state index is 6.24. The first-order valence-corrected chi connectivity index (χ1v) is 8.17. The van der Waals surface area contributed by atoms with Gasteiger partial charge in [0.1, 0.15) is 12.0 Å². The lowest BCUT2D eigenvalue weighted by atomic mass is 10.0. The number of hydrogen-bond acceptors (Lipinski definition) is 5. The fourth-order valence-electron chi connectivity index (χ4n) is 3.30. The van der Waals surface area contributed by atoms with Crippen LogP contribution in [0, 0.1) is 6.92 Å². The van der Waals surface area contributed by atoms with Crippen molar-refractivity contribution in [2.75, 3.05) is 0 Å². The Morgan fingerprint density at radius 1 is 1.20 bits per heavy atom. The molecule has 1 aliphatic heterocycles. The minimum Gasteiger partial charge on any atom is -0.420 e. The summed E-state index contributed by atoms with van der Waals surface area (Å²) in [5.74, 6) is 0.939. The topological polar surface area (TPSA) is 74.6 Å². The van der Waals surface area contributed by atoms with Gasteiger partial charge in [-0.15, -0.1) is 10.2 Å². The third-order valence-corrected chi connectivity index (χ3v) is 4.57. The van der Waals surface area contributed by atoms with E-state index in [9.17, 15) is 0 Å². The minimum absolute atomic E-state index is 0.425. The van der Waals surface area contributed by atoms with Crippen molar-refractivity contribution in [2.24, 2.45) is 7.05 Å². The summed E-state index contributed by atoms with van der Waals surface area (Å²) >= 11 is 6.24. The van der Waals surface area contributed by atoms with E-state index in [1.54, 1.807) is 13.3 Å². The molecule has 0 aliphatic carbocycles. The van der Waals surface area contributed by atoms with E-state index in [0.717, 1.165) is 28.2 Å². The number of nitrogens with zero attached hydrogens (tertiary/aromatic N) is 6. The number of fused-ring (bicyclic) bond motifs is 5. The highest BCUT2D eigenvalue weighted by atomic mass is 35.5. The molecule has 4 heterocycles. The SMILES string of the molecule is Cc1nnc(-c2ncn3c2Cc2cn(C)nc2-c2cc(Cl)ccc2-3)o1. The van der Waals surface area contributed by atoms with E-state index < -0.39 is 0 Å². The van der Waals surface area contributed by atoms with Crippen LogP contribution in [-0.2, 0) is 13.5 Å². The molecule has 0 saturated carbocycles. The van der Waals surface area contributed by atoms with E-state index in [0.29, 0.717) is 28.9 Å². The Balaban J connectivity index is 1.82. The van der Waals surface area contributed by atoms with Crippen molar-refractivity contribution in [1.82, 2.24) is 29.5 Å². The second-order valence-electron chi connectivity index (χ2n) is 6.05. The van der Waals surface area contributed by atoms with Crippen LogP contribution in [0.5, 0.6) is 0 Å². The number of aryl methyl sites for hydroxylation is 2. The van der Waals surface area contributed by atoms with Gasteiger partial charge >= 0.3 is 0 Å². The van der Waals surface area contributed by atoms with Crippen LogP contribution in [0.3, 0.4) is 0 Å². The predicted molar refractivity (Wildman–Crippen MR) is 91.6 cm³/mol. The van der Waals surface area contributed by atoms with E-state index in [2.05, 4.69) is 20.3 Å². The molecule has 25 heavy (non-hydrogen) atoms. The van der Waals surface area contributed by atoms with Gasteiger partial charge in [0, 0.05) is 42.7 Å². The Morgan fingerprint density at radius 3 is 2.88 bits per heavy atom. The first-order valence-electron chi connectivity index (χ1n) is 7.79. The summed E-state index contributed by atoms with van der Waals surface area (Å²) in [5.41, 5.74) is 5.66. The summed E-state index contributed by atoms with van der Waals surface area (Å²) in [6.07, 6.45) is 4.46. The van der Waals surface area contributed by atoms with Crippen molar-refractivity contribution >= 4 is 11.6 Å². The molecule has 0 fully saturated rings. The van der Waals surface area contributed by atoms with E-state index >= 15 is 0 Å². The molecule has 8 heteroatoms. The van der Waals surface area contributed by atoms with Crippen LogP contribution in [0.25, 0.3) is 28.5 Å². The van der Waals surface area contributed by atoms with Gasteiger partial charge in [-0.3, -0.25) is 4.68 Å². The zero-order chi connectivity index (χ0) is 17.1. The predicted octanol–water partition coefficient (Wildman–Crippen LogP) is 3.19. The van der Waals surface area contributed by atoms with Gasteiger partial charge in [-0.1, -0.05) is 11.6 Å². The van der Waals surface area contributed by atoms with Gasteiger partial charge in [-0.25, -0.2) is 4.98 Å². The Kier molecular flexibility index (Phi) is 2.90. The van der Waals surface area contributed by atoms with Gasteiger partial charge in [0.2, 0.25) is 5.89 Å². The van der Waals surface area contributed by atoms with Gasteiger partial charge in [-0.2, -0.15) is 5.10 Å². The van der Waals surface area contributed by atoms with Gasteiger partial charge in [-0.05, 0) is 18.2 Å². The molecule has 7 nitrogen and oxygen atoms in total. The number of aromatic nitrogens is 6. The third-order valence-electron chi connectivity index (χ3n) is 4.33. The van der Waals surface area contributed by atoms with Gasteiger partial charge in [0.05, 0.1) is 17.1 Å². The summed E-state index contributed by atoms with van der Waals surface area (Å²) in [7, 11) is 1.92. The Morgan fingerprint density at radius 2 is 2.08 bits per heavy atom. The van der Waals surface area contributed by atoms with Crippen molar-refractivity contribution in [3.05, 3.63) is 52.9 Å². The number of halogens is 1. The van der Waals surface area contributed by atoms with Crippen LogP contribution in [0.15, 0.2) is 35.1 Å². The molecule has 4 aromatic rings. The van der Waals surface area contributed by atoms with Crippen molar-refractivity contribution in [3.63, 3.8) is 0 Å². The fourth-order valence-corrected chi connectivity index (χ4v) is 3.48. The highest BCUT2D eigenvalue weighted by molar-refractivity contribution is 6.31. The van der Waals surface area contributed by atoms with Gasteiger partial charge < -0.3 is 8.98 Å². The largest absolute Gasteiger partial charge is 0.420 e. The Bertz CT molecular complexity index is 1120. The number of imidazole rings is 1. The zero-order valence-electron chi connectivity index (χ0n) is 13.6. The molecule has 0 spiro atoms. The van der Waals surface area contributed by atoms with Crippen LogP contribution in [0.2, 0.25) is 5.02 Å². The van der Waals surface area contributed by atoms with Crippen molar-refractivity contribution in [3.8, 4) is 28.5 Å². The van der Waals surface area contributed by atoms with Crippen molar-refractivity contribution in [1.29, 1.82) is 0 Å². The van der Waals surface area contributed by atoms with Crippen molar-refractivity contribution < 1.29 is 4.42 Å². The van der Waals surface area contributed by atoms with Crippen LogP contribution in [0.4, 0.5) is 0 Å². The first-order chi connectivity index (χ1) is 12.1. The molecule has 0 bridgehead atoms. The molecular formula is C17H13ClN6O. The molecule has 0 unspecified atom stereocenters. The van der Waals surface area contributed by atoms with E-state index in [1.165, 1.54) is 0 Å². The van der Waals surface area contributed by atoms with Crippen LogP contribution in [0.1, 0.15) is 17.1 Å². The highest BCUT2D eigenvalue weighted by Gasteiger charge is 2.26. The third kappa shape index (κ3) is 2.12. The summed E-state index contributed by atoms with van der Waals surface area (Å²) in [6.45, 7) is 1.77. The lowest BCUT2D eigenvalue weighted by Gasteiger charge is -2.09. The van der Waals surface area contributed by atoms with E-state index in [4.69, 9.17) is 16.0 Å². The van der Waals surface area contributed by atoms with E-state index in [-0.39, 0.29) is 0 Å². The lowest BCUT2D eigenvalue weighted by molar-refractivity contribution is 0.530. The molecule has 124 valence electrons. The second-order valence-corrected chi connectivity index (χ2v) is 6.49. The average molecular weight is 353 g/mol. The van der Waals surface area contributed by atoms with Crippen molar-refractivity contribution in [2.45, 2.75) is 13.3 Å². The fraction of sp³-hybridized carbons (Fsp3) is 0.176. The Hall–Kier alpha value is -2.93. The van der Waals surface area contributed by atoms with Gasteiger partial charge in [0.25, 0.3) is 5.89 Å². The standard InChI is InChI=1S/C17H13ClN6O/c1-9-20-21-17(25-9)16-14-5-10-7-23(2)22-15(10)12-6-11(18)3-4-13(12)24(14)8-19-16/h3-4,6-8H,5H2,1-2H3. The van der Waals surface area contributed by atoms with Gasteiger partial charge in [0.15, 0.2) is 0 Å². The molecule has 0 radical (unpaired) electrons. The molecule has 3 aromatic heterocycles. The van der Waals surface area contributed by atoms with Crippen LogP contribution >= 0.6 is 11.6 Å². The first kappa shape index (κ1) is 14.4. The summed E-state index contributed by atoms with van der Waals surface area (Å²) in [6, 6.07) is 5.79. The molecule has 1 aliphatic rings. The zero-order valence-corrected chi connectivity index (χ0v) is 14.3. The molecule has 5 rings (SSSR count). The summed E-state index contributed by atoms with van der Waals surface area (Å²) < 4.78 is 9.46. The summed E-state index contributed by atoms with van der Waals surface area (Å²) in [4.78, 5) is 4.53. The molecule has 0 N–H and O–H groups in total. The summed E-state index contributed by atoms with van der Waals surface area (Å²) in [5, 5.41) is 13.4.